The molecule has 4 heteroatoms. The van der Waals surface area contributed by atoms with Gasteiger partial charge in [0.15, 0.2) is 0 Å². The first-order valence-corrected chi connectivity index (χ1v) is 7.86. The molecule has 4 nitrogen and oxygen atoms in total. The number of carbonyl (C=O) groups excluding carboxylic acids is 1. The molecule has 2 saturated carbocycles. The fourth-order valence-corrected chi connectivity index (χ4v) is 4.26. The van der Waals surface area contributed by atoms with E-state index in [1.807, 2.05) is 19.9 Å². The molecule has 0 unspecified atom stereocenters. The summed E-state index contributed by atoms with van der Waals surface area (Å²) in [7, 11) is 0. The highest BCUT2D eigenvalue weighted by Crippen LogP contribution is 2.49. The maximum Gasteiger partial charge on any atom is 0.244 e. The molecular weight excluding hydrogens is 250 g/mol. The minimum Gasteiger partial charge on any atom is -0.352 e. The predicted molar refractivity (Wildman–Crippen MR) is 78.2 cm³/mol. The van der Waals surface area contributed by atoms with E-state index in [9.17, 15) is 4.79 Å². The Morgan fingerprint density at radius 2 is 2.20 bits per heavy atom. The van der Waals surface area contributed by atoms with Crippen LogP contribution < -0.4 is 5.32 Å². The first-order chi connectivity index (χ1) is 9.56. The Labute approximate surface area is 120 Å². The summed E-state index contributed by atoms with van der Waals surface area (Å²) in [5.74, 6) is 2.54. The summed E-state index contributed by atoms with van der Waals surface area (Å²) < 4.78 is 1.79. The summed E-state index contributed by atoms with van der Waals surface area (Å²) in [4.78, 5) is 12.4. The molecule has 0 aromatic carbocycles. The zero-order chi connectivity index (χ0) is 14.3. The van der Waals surface area contributed by atoms with Crippen LogP contribution in [-0.4, -0.2) is 21.7 Å². The van der Waals surface area contributed by atoms with E-state index in [0.29, 0.717) is 5.92 Å². The summed E-state index contributed by atoms with van der Waals surface area (Å²) in [5.41, 5.74) is 1.03. The van der Waals surface area contributed by atoms with E-state index in [4.69, 9.17) is 0 Å². The maximum atomic E-state index is 12.4. The minimum absolute atomic E-state index is 0.0899. The summed E-state index contributed by atoms with van der Waals surface area (Å²) in [5, 5.41) is 7.46. The molecule has 110 valence electrons. The van der Waals surface area contributed by atoms with Crippen molar-refractivity contribution in [3.8, 4) is 0 Å². The zero-order valence-electron chi connectivity index (χ0n) is 12.7. The van der Waals surface area contributed by atoms with Gasteiger partial charge in [-0.1, -0.05) is 6.42 Å². The van der Waals surface area contributed by atoms with E-state index in [1.54, 1.807) is 10.9 Å². The van der Waals surface area contributed by atoms with Crippen molar-refractivity contribution < 1.29 is 4.79 Å². The Balaban J connectivity index is 1.60. The highest BCUT2D eigenvalue weighted by Gasteiger charge is 2.42. The zero-order valence-corrected chi connectivity index (χ0v) is 12.7. The molecule has 1 aromatic heterocycles. The molecule has 0 saturated heterocycles. The van der Waals surface area contributed by atoms with Gasteiger partial charge in [0, 0.05) is 17.9 Å². The SMILES string of the molecule is Cc1ccnn1[C@H](C)C(=O)N[C@H](C)[C@@H]1C[C@H]2CC[C@H]1C2. The van der Waals surface area contributed by atoms with Crippen molar-refractivity contribution in [3.63, 3.8) is 0 Å². The number of nitrogens with zero attached hydrogens (tertiary/aromatic N) is 2. The van der Waals surface area contributed by atoms with Crippen molar-refractivity contribution in [2.24, 2.45) is 17.8 Å². The van der Waals surface area contributed by atoms with Crippen LogP contribution in [0.25, 0.3) is 0 Å². The molecule has 0 spiro atoms. The largest absolute Gasteiger partial charge is 0.352 e. The van der Waals surface area contributed by atoms with Crippen LogP contribution in [0.5, 0.6) is 0 Å². The average Bonchev–Trinajstić information content (AvgIpc) is 3.13. The van der Waals surface area contributed by atoms with Gasteiger partial charge in [-0.2, -0.15) is 5.10 Å². The number of amides is 1. The molecule has 1 heterocycles. The van der Waals surface area contributed by atoms with Crippen LogP contribution in [-0.2, 0) is 4.79 Å². The number of hydrogen-bond donors (Lipinski definition) is 1. The number of aryl methyl sites for hydroxylation is 1. The lowest BCUT2D eigenvalue weighted by Gasteiger charge is -2.29. The van der Waals surface area contributed by atoms with Crippen molar-refractivity contribution in [1.29, 1.82) is 0 Å². The minimum atomic E-state index is -0.231. The first-order valence-electron chi connectivity index (χ1n) is 7.86. The average molecular weight is 275 g/mol. The quantitative estimate of drug-likeness (QED) is 0.918. The predicted octanol–water partition coefficient (Wildman–Crippen LogP) is 2.69. The third-order valence-corrected chi connectivity index (χ3v) is 5.42. The monoisotopic (exact) mass is 275 g/mol. The highest BCUT2D eigenvalue weighted by molar-refractivity contribution is 5.80. The lowest BCUT2D eigenvalue weighted by molar-refractivity contribution is -0.125. The van der Waals surface area contributed by atoms with Crippen LogP contribution in [0.3, 0.4) is 0 Å². The van der Waals surface area contributed by atoms with Gasteiger partial charge in [-0.15, -0.1) is 0 Å². The molecule has 1 amide bonds. The van der Waals surface area contributed by atoms with Gasteiger partial charge in [-0.05, 0) is 63.9 Å². The number of fused-ring (bicyclic) bond motifs is 2. The van der Waals surface area contributed by atoms with Gasteiger partial charge in [0.05, 0.1) is 0 Å². The molecule has 1 N–H and O–H groups in total. The topological polar surface area (TPSA) is 46.9 Å². The number of rotatable bonds is 4. The van der Waals surface area contributed by atoms with E-state index in [2.05, 4.69) is 17.3 Å². The van der Waals surface area contributed by atoms with Crippen molar-refractivity contribution in [2.75, 3.05) is 0 Å². The van der Waals surface area contributed by atoms with Gasteiger partial charge < -0.3 is 5.32 Å². The summed E-state index contributed by atoms with van der Waals surface area (Å²) in [6.45, 7) is 6.07. The lowest BCUT2D eigenvalue weighted by atomic mass is 9.84. The molecule has 2 bridgehead atoms. The van der Waals surface area contributed by atoms with Crippen molar-refractivity contribution in [3.05, 3.63) is 18.0 Å². The Bertz CT molecular complexity index is 496. The van der Waals surface area contributed by atoms with Gasteiger partial charge in [-0.3, -0.25) is 9.48 Å². The fourth-order valence-electron chi connectivity index (χ4n) is 4.26. The van der Waals surface area contributed by atoms with E-state index < -0.39 is 0 Å². The Morgan fingerprint density at radius 1 is 1.40 bits per heavy atom. The molecule has 2 fully saturated rings. The third-order valence-electron chi connectivity index (χ3n) is 5.42. The van der Waals surface area contributed by atoms with Crippen LogP contribution >= 0.6 is 0 Å². The van der Waals surface area contributed by atoms with Gasteiger partial charge in [0.2, 0.25) is 5.91 Å². The van der Waals surface area contributed by atoms with E-state index >= 15 is 0 Å². The van der Waals surface area contributed by atoms with Crippen LogP contribution in [0, 0.1) is 24.7 Å². The Kier molecular flexibility index (Phi) is 3.57. The second kappa shape index (κ2) is 5.23. The van der Waals surface area contributed by atoms with Crippen LogP contribution in [0.2, 0.25) is 0 Å². The number of hydrogen-bond acceptors (Lipinski definition) is 2. The first kappa shape index (κ1) is 13.7. The normalized spacial score (nSPS) is 31.2. The summed E-state index contributed by atoms with van der Waals surface area (Å²) >= 11 is 0. The van der Waals surface area contributed by atoms with Crippen LogP contribution in [0.15, 0.2) is 12.3 Å². The van der Waals surface area contributed by atoms with Crippen LogP contribution in [0.1, 0.15) is 51.3 Å². The number of aromatic nitrogens is 2. The molecule has 2 aliphatic rings. The molecule has 0 radical (unpaired) electrons. The lowest BCUT2D eigenvalue weighted by Crippen LogP contribution is -2.43. The molecule has 2 aliphatic carbocycles. The molecule has 5 atom stereocenters. The van der Waals surface area contributed by atoms with E-state index in [0.717, 1.165) is 17.5 Å². The molecule has 20 heavy (non-hydrogen) atoms. The Hall–Kier alpha value is -1.32. The number of carbonyl (C=O) groups is 1. The maximum absolute atomic E-state index is 12.4. The van der Waals surface area contributed by atoms with Crippen molar-refractivity contribution in [1.82, 2.24) is 15.1 Å². The standard InChI is InChI=1S/C16H25N3O/c1-10-6-7-17-19(10)12(3)16(20)18-11(2)15-9-13-4-5-14(15)8-13/h6-7,11-15H,4-5,8-9H2,1-3H3,(H,18,20)/t11-,12-,13+,14+,15+/m1/s1. The highest BCUT2D eigenvalue weighted by atomic mass is 16.2. The number of nitrogens with one attached hydrogen (secondary N) is 1. The fraction of sp³-hybridized carbons (Fsp3) is 0.750. The Morgan fingerprint density at radius 3 is 2.75 bits per heavy atom. The smallest absolute Gasteiger partial charge is 0.244 e. The third kappa shape index (κ3) is 2.36. The second-order valence-electron chi connectivity index (χ2n) is 6.73. The van der Waals surface area contributed by atoms with Gasteiger partial charge in [-0.25, -0.2) is 0 Å². The second-order valence-corrected chi connectivity index (χ2v) is 6.73. The summed E-state index contributed by atoms with van der Waals surface area (Å²) in [6.07, 6.45) is 7.21. The van der Waals surface area contributed by atoms with Gasteiger partial charge in [0.25, 0.3) is 0 Å². The van der Waals surface area contributed by atoms with Crippen molar-refractivity contribution in [2.45, 2.75) is 58.5 Å². The molecule has 0 aliphatic heterocycles. The van der Waals surface area contributed by atoms with E-state index in [1.165, 1.54) is 25.7 Å². The summed E-state index contributed by atoms with van der Waals surface area (Å²) in [6, 6.07) is 1.99. The van der Waals surface area contributed by atoms with Gasteiger partial charge >= 0.3 is 0 Å². The van der Waals surface area contributed by atoms with Gasteiger partial charge in [0.1, 0.15) is 6.04 Å². The molecule has 1 aromatic rings. The van der Waals surface area contributed by atoms with Crippen LogP contribution in [0.4, 0.5) is 0 Å². The molecular formula is C16H25N3O. The van der Waals surface area contributed by atoms with Crippen molar-refractivity contribution >= 4 is 5.91 Å². The van der Waals surface area contributed by atoms with E-state index in [-0.39, 0.29) is 18.0 Å². The molecule has 3 rings (SSSR count).